The van der Waals surface area contributed by atoms with Gasteiger partial charge in [-0.05, 0) is 18.2 Å². The minimum atomic E-state index is -0.151. The van der Waals surface area contributed by atoms with Crippen molar-refractivity contribution >= 4 is 11.6 Å². The molecule has 120 valence electrons. The van der Waals surface area contributed by atoms with E-state index >= 15 is 0 Å². The fraction of sp³-hybridized carbons (Fsp3) is 0.118. The summed E-state index contributed by atoms with van der Waals surface area (Å²) in [5.74, 6) is 1.77. The topological polar surface area (TPSA) is 78.3 Å². The highest BCUT2D eigenvalue weighted by atomic mass is 16.5. The van der Waals surface area contributed by atoms with Crippen LogP contribution in [0, 0.1) is 0 Å². The molecule has 0 atom stereocenters. The van der Waals surface area contributed by atoms with E-state index in [1.807, 2.05) is 41.1 Å². The van der Waals surface area contributed by atoms with Gasteiger partial charge in [0.2, 0.25) is 5.88 Å². The quantitative estimate of drug-likeness (QED) is 0.800. The Morgan fingerprint density at radius 3 is 3.00 bits per heavy atom. The number of benzene rings is 1. The van der Waals surface area contributed by atoms with E-state index in [0.29, 0.717) is 17.3 Å². The summed E-state index contributed by atoms with van der Waals surface area (Å²) in [5.41, 5.74) is 2.44. The first-order chi connectivity index (χ1) is 11.7. The molecular weight excluding hydrogens is 308 g/mol. The van der Waals surface area contributed by atoms with Gasteiger partial charge < -0.3 is 14.8 Å². The molecule has 3 heterocycles. The highest BCUT2D eigenvalue weighted by molar-refractivity contribution is 5.95. The summed E-state index contributed by atoms with van der Waals surface area (Å²) in [7, 11) is 1.58. The normalized spacial score (nSPS) is 13.0. The number of aromatic nitrogens is 3. The molecule has 0 saturated heterocycles. The van der Waals surface area contributed by atoms with Gasteiger partial charge in [0.1, 0.15) is 11.6 Å². The van der Waals surface area contributed by atoms with Crippen LogP contribution in [-0.2, 0) is 4.79 Å². The molecule has 0 fully saturated rings. The molecule has 7 nitrogen and oxygen atoms in total. The molecule has 1 N–H and O–H groups in total. The van der Waals surface area contributed by atoms with Crippen molar-refractivity contribution in [2.75, 3.05) is 19.0 Å². The Balaban J connectivity index is 1.76. The van der Waals surface area contributed by atoms with Gasteiger partial charge in [0.05, 0.1) is 18.5 Å². The number of hydrogen-bond donors (Lipinski definition) is 1. The zero-order valence-electron chi connectivity index (χ0n) is 12.9. The third-order valence-electron chi connectivity index (χ3n) is 3.72. The third kappa shape index (κ3) is 2.45. The van der Waals surface area contributed by atoms with E-state index in [2.05, 4.69) is 15.3 Å². The van der Waals surface area contributed by atoms with Gasteiger partial charge in [-0.2, -0.15) is 0 Å². The largest absolute Gasteiger partial charge is 0.482 e. The van der Waals surface area contributed by atoms with Crippen LogP contribution in [0.1, 0.15) is 0 Å². The number of nitrogens with zero attached hydrogens (tertiary/aromatic N) is 3. The number of carbonyl (C=O) groups is 1. The summed E-state index contributed by atoms with van der Waals surface area (Å²) in [6, 6.07) is 9.29. The summed E-state index contributed by atoms with van der Waals surface area (Å²) in [6.07, 6.45) is 5.27. The highest BCUT2D eigenvalue weighted by Gasteiger charge is 2.17. The molecule has 3 aromatic rings. The third-order valence-corrected chi connectivity index (χ3v) is 3.72. The first-order valence-corrected chi connectivity index (χ1v) is 7.35. The van der Waals surface area contributed by atoms with Crippen LogP contribution in [0.3, 0.4) is 0 Å². The summed E-state index contributed by atoms with van der Waals surface area (Å²) < 4.78 is 12.6. The van der Waals surface area contributed by atoms with Gasteiger partial charge in [0.25, 0.3) is 5.91 Å². The minimum Gasteiger partial charge on any atom is -0.482 e. The van der Waals surface area contributed by atoms with Crippen LogP contribution in [0.25, 0.3) is 17.1 Å². The zero-order valence-corrected chi connectivity index (χ0v) is 12.9. The average molecular weight is 322 g/mol. The van der Waals surface area contributed by atoms with E-state index in [4.69, 9.17) is 9.47 Å². The number of fused-ring (bicyclic) bond motifs is 1. The van der Waals surface area contributed by atoms with Crippen molar-refractivity contribution in [3.8, 4) is 28.7 Å². The first kappa shape index (κ1) is 14.3. The van der Waals surface area contributed by atoms with Crippen LogP contribution in [0.2, 0.25) is 0 Å². The second-order valence-electron chi connectivity index (χ2n) is 5.23. The van der Waals surface area contributed by atoms with Crippen LogP contribution in [-0.4, -0.2) is 34.2 Å². The molecule has 1 aromatic carbocycles. The van der Waals surface area contributed by atoms with Crippen molar-refractivity contribution in [2.24, 2.45) is 0 Å². The zero-order chi connectivity index (χ0) is 16.5. The first-order valence-electron chi connectivity index (χ1n) is 7.35. The van der Waals surface area contributed by atoms with E-state index in [0.717, 1.165) is 17.1 Å². The number of methoxy groups -OCH3 is 1. The van der Waals surface area contributed by atoms with Gasteiger partial charge in [0, 0.05) is 36.3 Å². The Morgan fingerprint density at radius 2 is 2.12 bits per heavy atom. The molecule has 1 amide bonds. The van der Waals surface area contributed by atoms with E-state index in [1.54, 1.807) is 19.5 Å². The second kappa shape index (κ2) is 5.69. The number of ether oxygens (including phenoxy) is 2. The maximum atomic E-state index is 11.4. The molecule has 24 heavy (non-hydrogen) atoms. The van der Waals surface area contributed by atoms with Crippen LogP contribution >= 0.6 is 0 Å². The fourth-order valence-electron chi connectivity index (χ4n) is 2.60. The maximum absolute atomic E-state index is 11.4. The number of pyridine rings is 1. The fourth-order valence-corrected chi connectivity index (χ4v) is 2.60. The number of carbonyl (C=O) groups excluding carboxylic acids is 1. The molecule has 2 aromatic heterocycles. The Morgan fingerprint density at radius 1 is 1.21 bits per heavy atom. The van der Waals surface area contributed by atoms with Gasteiger partial charge >= 0.3 is 0 Å². The molecular formula is C17H14N4O3. The van der Waals surface area contributed by atoms with Gasteiger partial charge in [-0.1, -0.05) is 0 Å². The molecule has 1 aliphatic rings. The lowest BCUT2D eigenvalue weighted by Gasteiger charge is -2.19. The van der Waals surface area contributed by atoms with E-state index < -0.39 is 0 Å². The number of imidazole rings is 1. The number of anilines is 1. The minimum absolute atomic E-state index is 0.0226. The smallest absolute Gasteiger partial charge is 0.262 e. The molecule has 0 radical (unpaired) electrons. The summed E-state index contributed by atoms with van der Waals surface area (Å²) in [4.78, 5) is 19.9. The SMILES string of the molecule is COc1cc(-c2nccn2-c2ccc3c(c2)OCC(=O)N3)ccn1. The van der Waals surface area contributed by atoms with Crippen molar-refractivity contribution in [3.63, 3.8) is 0 Å². The summed E-state index contributed by atoms with van der Waals surface area (Å²) >= 11 is 0. The summed E-state index contributed by atoms with van der Waals surface area (Å²) in [5, 5.41) is 2.78. The van der Waals surface area contributed by atoms with E-state index in [9.17, 15) is 4.79 Å². The van der Waals surface area contributed by atoms with Crippen LogP contribution < -0.4 is 14.8 Å². The van der Waals surface area contributed by atoms with Crippen molar-refractivity contribution < 1.29 is 14.3 Å². The van der Waals surface area contributed by atoms with Gasteiger partial charge in [-0.3, -0.25) is 9.36 Å². The Hall–Kier alpha value is -3.35. The molecule has 7 heteroatoms. The number of hydrogen-bond acceptors (Lipinski definition) is 5. The molecule has 0 aliphatic carbocycles. The Kier molecular flexibility index (Phi) is 3.38. The van der Waals surface area contributed by atoms with Crippen molar-refractivity contribution in [2.45, 2.75) is 0 Å². The lowest BCUT2D eigenvalue weighted by atomic mass is 10.2. The van der Waals surface area contributed by atoms with Crippen molar-refractivity contribution in [1.29, 1.82) is 0 Å². The molecule has 0 spiro atoms. The highest BCUT2D eigenvalue weighted by Crippen LogP contribution is 2.31. The lowest BCUT2D eigenvalue weighted by molar-refractivity contribution is -0.118. The van der Waals surface area contributed by atoms with Crippen LogP contribution in [0.15, 0.2) is 48.9 Å². The van der Waals surface area contributed by atoms with Gasteiger partial charge in [-0.15, -0.1) is 0 Å². The van der Waals surface area contributed by atoms with E-state index in [1.165, 1.54) is 0 Å². The van der Waals surface area contributed by atoms with Crippen molar-refractivity contribution in [1.82, 2.24) is 14.5 Å². The van der Waals surface area contributed by atoms with E-state index in [-0.39, 0.29) is 12.5 Å². The van der Waals surface area contributed by atoms with Gasteiger partial charge in [0.15, 0.2) is 6.61 Å². The number of amides is 1. The number of nitrogens with one attached hydrogen (secondary N) is 1. The summed E-state index contributed by atoms with van der Waals surface area (Å²) in [6.45, 7) is 0.0226. The standard InChI is InChI=1S/C17H14N4O3/c1-23-16-8-11(4-5-18-16)17-19-6-7-21(17)12-2-3-13-14(9-12)24-10-15(22)20-13/h2-9H,10H2,1H3,(H,20,22). The average Bonchev–Trinajstić information content (AvgIpc) is 3.11. The van der Waals surface area contributed by atoms with Gasteiger partial charge in [-0.25, -0.2) is 9.97 Å². The Bertz CT molecular complexity index is 920. The predicted octanol–water partition coefficient (Wildman–Crippen LogP) is 2.27. The van der Waals surface area contributed by atoms with Crippen LogP contribution in [0.5, 0.6) is 11.6 Å². The monoisotopic (exact) mass is 322 g/mol. The second-order valence-corrected chi connectivity index (χ2v) is 5.23. The molecule has 0 unspecified atom stereocenters. The molecule has 0 saturated carbocycles. The predicted molar refractivity (Wildman–Crippen MR) is 87.5 cm³/mol. The van der Waals surface area contributed by atoms with Crippen LogP contribution in [0.4, 0.5) is 5.69 Å². The Labute approximate surface area is 137 Å². The number of rotatable bonds is 3. The lowest BCUT2D eigenvalue weighted by Crippen LogP contribution is -2.25. The van der Waals surface area contributed by atoms with Crippen molar-refractivity contribution in [3.05, 3.63) is 48.9 Å². The maximum Gasteiger partial charge on any atom is 0.262 e. The molecule has 4 rings (SSSR count). The molecule has 1 aliphatic heterocycles. The molecule has 0 bridgehead atoms.